The molecule has 0 saturated heterocycles. The fraction of sp³-hybridized carbons (Fsp3) is 0.190. The van der Waals surface area contributed by atoms with Gasteiger partial charge in [0, 0.05) is 6.07 Å². The molecule has 0 aliphatic rings. The maximum Gasteiger partial charge on any atom is 0.229 e. The summed E-state index contributed by atoms with van der Waals surface area (Å²) >= 11 is 1.50. The summed E-state index contributed by atoms with van der Waals surface area (Å²) in [6, 6.07) is 16.0. The number of nitrogens with zero attached hydrogens (tertiary/aromatic N) is 3. The first-order valence-corrected chi connectivity index (χ1v) is 11.9. The van der Waals surface area contributed by atoms with Crippen LogP contribution < -0.4 is 5.32 Å². The molecule has 0 unspecified atom stereocenters. The number of fused-ring (bicyclic) bond motifs is 1. The van der Waals surface area contributed by atoms with Gasteiger partial charge in [-0.2, -0.15) is 9.78 Å². The van der Waals surface area contributed by atoms with Crippen LogP contribution >= 0.6 is 11.3 Å². The lowest BCUT2D eigenvalue weighted by molar-refractivity contribution is -0.115. The van der Waals surface area contributed by atoms with Gasteiger partial charge >= 0.3 is 0 Å². The highest BCUT2D eigenvalue weighted by Gasteiger charge is 2.15. The van der Waals surface area contributed by atoms with Crippen LogP contribution in [0.5, 0.6) is 0 Å². The molecule has 0 saturated carbocycles. The third kappa shape index (κ3) is 4.12. The molecule has 0 aliphatic heterocycles. The molecule has 0 bridgehead atoms. The second-order valence-corrected chi connectivity index (χ2v) is 10.1. The molecule has 0 atom stereocenters. The lowest BCUT2D eigenvalue weighted by Crippen LogP contribution is -2.17. The Morgan fingerprint density at radius 1 is 1.13 bits per heavy atom. The molecule has 9 heteroatoms. The van der Waals surface area contributed by atoms with Crippen LogP contribution in [-0.4, -0.2) is 34.8 Å². The van der Waals surface area contributed by atoms with Crippen molar-refractivity contribution in [1.29, 1.82) is 0 Å². The Labute approximate surface area is 178 Å². The number of aromatic nitrogens is 3. The van der Waals surface area contributed by atoms with Crippen molar-refractivity contribution in [3.05, 3.63) is 65.9 Å². The summed E-state index contributed by atoms with van der Waals surface area (Å²) < 4.78 is 26.5. The number of anilines is 1. The van der Waals surface area contributed by atoms with E-state index >= 15 is 0 Å². The number of sulfone groups is 1. The molecule has 2 aromatic carbocycles. The Kier molecular flexibility index (Phi) is 5.40. The van der Waals surface area contributed by atoms with Crippen LogP contribution in [0.2, 0.25) is 0 Å². The molecule has 4 rings (SSSR count). The Morgan fingerprint density at radius 2 is 1.87 bits per heavy atom. The molecular formula is C21H20N4O3S2. The molecule has 0 spiro atoms. The zero-order valence-electron chi connectivity index (χ0n) is 16.5. The maximum absolute atomic E-state index is 12.6. The number of rotatable bonds is 6. The molecule has 2 aromatic heterocycles. The maximum atomic E-state index is 12.6. The number of carbonyl (C=O) groups excluding carboxylic acids is 1. The number of benzene rings is 2. The van der Waals surface area contributed by atoms with Crippen molar-refractivity contribution in [1.82, 2.24) is 14.8 Å². The predicted octanol–water partition coefficient (Wildman–Crippen LogP) is 3.77. The number of hydrogen-bond donors (Lipinski definition) is 1. The average molecular weight is 441 g/mol. The normalized spacial score (nSPS) is 11.7. The number of nitrogens with one attached hydrogen (secondary N) is 1. The van der Waals surface area contributed by atoms with Crippen LogP contribution in [0.1, 0.15) is 18.2 Å². The monoisotopic (exact) mass is 440 g/mol. The molecule has 1 N–H and O–H groups in total. The summed E-state index contributed by atoms with van der Waals surface area (Å²) in [5.74, 6) is 0.368. The van der Waals surface area contributed by atoms with Gasteiger partial charge in [-0.15, -0.1) is 0 Å². The predicted molar refractivity (Wildman–Crippen MR) is 118 cm³/mol. The minimum Gasteiger partial charge on any atom is -0.310 e. The second kappa shape index (κ2) is 8.00. The quantitative estimate of drug-likeness (QED) is 0.493. The van der Waals surface area contributed by atoms with Crippen LogP contribution in [-0.2, 0) is 21.1 Å². The fourth-order valence-corrected chi connectivity index (χ4v) is 4.85. The number of amides is 1. The highest BCUT2D eigenvalue weighted by atomic mass is 32.2. The Morgan fingerprint density at radius 3 is 2.57 bits per heavy atom. The SMILES string of the molecule is CCS(=O)(=O)c1ccc(CC(=O)Nc2cc(C)nn2-c2nc3ccccc3s2)cc1. The van der Waals surface area contributed by atoms with Gasteiger partial charge in [-0.3, -0.25) is 4.79 Å². The molecule has 4 aromatic rings. The highest BCUT2D eigenvalue weighted by Crippen LogP contribution is 2.27. The number of para-hydroxylation sites is 1. The highest BCUT2D eigenvalue weighted by molar-refractivity contribution is 7.91. The van der Waals surface area contributed by atoms with E-state index in [1.807, 2.05) is 31.2 Å². The number of carbonyl (C=O) groups is 1. The van der Waals surface area contributed by atoms with Gasteiger partial charge in [-0.25, -0.2) is 13.4 Å². The second-order valence-electron chi connectivity index (χ2n) is 6.82. The van der Waals surface area contributed by atoms with Gasteiger partial charge in [-0.1, -0.05) is 42.5 Å². The minimum absolute atomic E-state index is 0.0436. The summed E-state index contributed by atoms with van der Waals surface area (Å²) in [5, 5.41) is 8.03. The van der Waals surface area contributed by atoms with E-state index in [0.29, 0.717) is 10.9 Å². The van der Waals surface area contributed by atoms with Gasteiger partial charge in [-0.05, 0) is 36.8 Å². The van der Waals surface area contributed by atoms with E-state index in [0.717, 1.165) is 21.5 Å². The summed E-state index contributed by atoms with van der Waals surface area (Å²) in [6.45, 7) is 3.46. The van der Waals surface area contributed by atoms with Crippen molar-refractivity contribution in [2.75, 3.05) is 11.1 Å². The third-order valence-electron chi connectivity index (χ3n) is 4.59. The fourth-order valence-electron chi connectivity index (χ4n) is 3.04. The molecule has 30 heavy (non-hydrogen) atoms. The number of hydrogen-bond acceptors (Lipinski definition) is 6. The third-order valence-corrected chi connectivity index (χ3v) is 7.35. The molecule has 0 fully saturated rings. The van der Waals surface area contributed by atoms with Gasteiger partial charge < -0.3 is 5.32 Å². The van der Waals surface area contributed by atoms with Crippen LogP contribution in [0.25, 0.3) is 15.3 Å². The molecule has 154 valence electrons. The van der Waals surface area contributed by atoms with Crippen molar-refractivity contribution < 1.29 is 13.2 Å². The summed E-state index contributed by atoms with van der Waals surface area (Å²) in [5.41, 5.74) is 2.37. The summed E-state index contributed by atoms with van der Waals surface area (Å²) in [4.78, 5) is 17.5. The standard InChI is InChI=1S/C21H20N4O3S2/c1-3-30(27,28)16-10-8-15(9-11-16)13-20(26)23-19-12-14(2)24-25(19)21-22-17-6-4-5-7-18(17)29-21/h4-12H,3,13H2,1-2H3,(H,23,26). The number of aryl methyl sites for hydroxylation is 1. The van der Waals surface area contributed by atoms with E-state index in [9.17, 15) is 13.2 Å². The smallest absolute Gasteiger partial charge is 0.229 e. The van der Waals surface area contributed by atoms with Crippen LogP contribution in [0.15, 0.2) is 59.5 Å². The largest absolute Gasteiger partial charge is 0.310 e. The summed E-state index contributed by atoms with van der Waals surface area (Å²) in [7, 11) is -3.25. The zero-order chi connectivity index (χ0) is 21.3. The minimum atomic E-state index is -3.25. The zero-order valence-corrected chi connectivity index (χ0v) is 18.1. The molecular weight excluding hydrogens is 420 g/mol. The van der Waals surface area contributed by atoms with Gasteiger partial charge in [0.1, 0.15) is 5.82 Å². The first kappa shape index (κ1) is 20.2. The van der Waals surface area contributed by atoms with E-state index in [4.69, 9.17) is 0 Å². The van der Waals surface area contributed by atoms with Gasteiger partial charge in [0.25, 0.3) is 0 Å². The van der Waals surface area contributed by atoms with Crippen molar-refractivity contribution in [3.8, 4) is 5.13 Å². The first-order valence-electron chi connectivity index (χ1n) is 9.40. The van der Waals surface area contributed by atoms with E-state index in [1.54, 1.807) is 29.8 Å². The molecule has 1 amide bonds. The van der Waals surface area contributed by atoms with E-state index in [1.165, 1.54) is 23.5 Å². The molecule has 7 nitrogen and oxygen atoms in total. The van der Waals surface area contributed by atoms with Crippen LogP contribution in [0.4, 0.5) is 5.82 Å². The molecule has 0 aliphatic carbocycles. The van der Waals surface area contributed by atoms with Gasteiger partial charge in [0.2, 0.25) is 11.0 Å². The molecule has 2 heterocycles. The van der Waals surface area contributed by atoms with Crippen LogP contribution in [0.3, 0.4) is 0 Å². The Bertz CT molecular complexity index is 1290. The first-order chi connectivity index (χ1) is 14.4. The molecule has 0 radical (unpaired) electrons. The number of thiazole rings is 1. The van der Waals surface area contributed by atoms with Crippen molar-refractivity contribution in [2.24, 2.45) is 0 Å². The van der Waals surface area contributed by atoms with E-state index in [2.05, 4.69) is 15.4 Å². The summed E-state index contributed by atoms with van der Waals surface area (Å²) in [6.07, 6.45) is 0.122. The Hall–Kier alpha value is -3.04. The lowest BCUT2D eigenvalue weighted by Gasteiger charge is -2.07. The van der Waals surface area contributed by atoms with E-state index in [-0.39, 0.29) is 23.0 Å². The van der Waals surface area contributed by atoms with Crippen molar-refractivity contribution in [2.45, 2.75) is 25.2 Å². The van der Waals surface area contributed by atoms with Gasteiger partial charge in [0.15, 0.2) is 9.84 Å². The topological polar surface area (TPSA) is 94.0 Å². The Balaban J connectivity index is 1.53. The van der Waals surface area contributed by atoms with Crippen molar-refractivity contribution >= 4 is 43.1 Å². The lowest BCUT2D eigenvalue weighted by atomic mass is 10.1. The van der Waals surface area contributed by atoms with Crippen LogP contribution in [0, 0.1) is 6.92 Å². The van der Waals surface area contributed by atoms with Gasteiger partial charge in [0.05, 0.1) is 33.0 Å². The average Bonchev–Trinajstić information content (AvgIpc) is 3.31. The van der Waals surface area contributed by atoms with Crippen molar-refractivity contribution in [3.63, 3.8) is 0 Å². The van der Waals surface area contributed by atoms with E-state index < -0.39 is 9.84 Å².